The van der Waals surface area contributed by atoms with Crippen LogP contribution in [0.3, 0.4) is 0 Å². The molecule has 2 heterocycles. The number of hydrogen-bond acceptors (Lipinski definition) is 4. The van der Waals surface area contributed by atoms with Gasteiger partial charge in [-0.2, -0.15) is 4.98 Å². The maximum atomic E-state index is 13.2. The topological polar surface area (TPSA) is 49.3 Å². The number of aromatic nitrogens is 2. The maximum Gasteiger partial charge on any atom is 0.257 e. The number of rotatable bonds is 1. The van der Waals surface area contributed by atoms with E-state index in [0.717, 1.165) is 12.8 Å². The lowest BCUT2D eigenvalue weighted by Crippen LogP contribution is -2.52. The molecule has 5 nitrogen and oxygen atoms in total. The van der Waals surface area contributed by atoms with Crippen LogP contribution in [0.15, 0.2) is 30.5 Å². The van der Waals surface area contributed by atoms with Crippen molar-refractivity contribution in [3.8, 4) is 0 Å². The predicted molar refractivity (Wildman–Crippen MR) is 81.0 cm³/mol. The van der Waals surface area contributed by atoms with Gasteiger partial charge in [-0.1, -0.05) is 0 Å². The quantitative estimate of drug-likeness (QED) is 0.759. The second kappa shape index (κ2) is 4.39. The van der Waals surface area contributed by atoms with Gasteiger partial charge in [0.25, 0.3) is 5.91 Å². The van der Waals surface area contributed by atoms with Crippen LogP contribution in [0.1, 0.15) is 12.8 Å². The van der Waals surface area contributed by atoms with Crippen LogP contribution in [0.25, 0.3) is 0 Å². The minimum atomic E-state index is -0.570. The number of amides is 1. The monoisotopic (exact) mass is 318 g/mol. The number of nitrogens with zero attached hydrogens (tertiary/aromatic N) is 4. The van der Waals surface area contributed by atoms with Gasteiger partial charge in [0.2, 0.25) is 5.28 Å². The Morgan fingerprint density at radius 1 is 1.27 bits per heavy atom. The molecule has 1 aliphatic carbocycles. The number of carbonyl (C=O) groups is 1. The van der Waals surface area contributed by atoms with E-state index in [1.54, 1.807) is 17.0 Å². The van der Waals surface area contributed by atoms with Gasteiger partial charge in [-0.05, 0) is 48.7 Å². The summed E-state index contributed by atoms with van der Waals surface area (Å²) in [5, 5.41) is 0.134. The van der Waals surface area contributed by atoms with E-state index in [-0.39, 0.29) is 17.0 Å². The minimum absolute atomic E-state index is 0.0416. The number of fused-ring (bicyclic) bond motifs is 1. The molecule has 0 N–H and O–H groups in total. The van der Waals surface area contributed by atoms with Gasteiger partial charge in [-0.25, -0.2) is 9.37 Å². The number of likely N-dealkylation sites (N-methyl/N-ethyl adjacent to an activating group) is 1. The second-order valence-corrected chi connectivity index (χ2v) is 5.89. The van der Waals surface area contributed by atoms with E-state index in [1.165, 1.54) is 18.3 Å². The molecular formula is C15H12ClFN4O. The molecule has 112 valence electrons. The molecule has 0 radical (unpaired) electrons. The Morgan fingerprint density at radius 2 is 1.95 bits per heavy atom. The van der Waals surface area contributed by atoms with E-state index in [0.29, 0.717) is 17.2 Å². The smallest absolute Gasteiger partial charge is 0.257 e. The third kappa shape index (κ3) is 1.73. The van der Waals surface area contributed by atoms with Gasteiger partial charge >= 0.3 is 0 Å². The van der Waals surface area contributed by atoms with Gasteiger partial charge in [0.15, 0.2) is 5.82 Å². The van der Waals surface area contributed by atoms with Crippen molar-refractivity contribution in [1.29, 1.82) is 0 Å². The van der Waals surface area contributed by atoms with Crippen LogP contribution >= 0.6 is 11.6 Å². The molecule has 7 heteroatoms. The Morgan fingerprint density at radius 3 is 2.59 bits per heavy atom. The first kappa shape index (κ1) is 13.5. The van der Waals surface area contributed by atoms with Crippen LogP contribution in [-0.2, 0) is 4.79 Å². The summed E-state index contributed by atoms with van der Waals surface area (Å²) in [5.74, 6) is 0.223. The molecule has 2 aliphatic rings. The molecule has 1 amide bonds. The Hall–Kier alpha value is -2.21. The van der Waals surface area contributed by atoms with E-state index in [9.17, 15) is 9.18 Å². The van der Waals surface area contributed by atoms with Crippen LogP contribution < -0.4 is 9.80 Å². The number of benzene rings is 1. The highest BCUT2D eigenvalue weighted by Gasteiger charge is 2.59. The zero-order valence-electron chi connectivity index (χ0n) is 11.8. The largest absolute Gasteiger partial charge is 0.343 e. The lowest BCUT2D eigenvalue weighted by atomic mass is 10.1. The van der Waals surface area contributed by atoms with E-state index in [1.807, 2.05) is 11.9 Å². The average molecular weight is 319 g/mol. The summed E-state index contributed by atoms with van der Waals surface area (Å²) in [6.07, 6.45) is 3.06. The van der Waals surface area contributed by atoms with Crippen LogP contribution in [0.2, 0.25) is 5.28 Å². The summed E-state index contributed by atoms with van der Waals surface area (Å²) < 4.78 is 13.2. The normalized spacial score (nSPS) is 18.6. The maximum absolute atomic E-state index is 13.2. The van der Waals surface area contributed by atoms with Gasteiger partial charge in [-0.3, -0.25) is 9.69 Å². The molecule has 0 unspecified atom stereocenters. The minimum Gasteiger partial charge on any atom is -0.343 e. The van der Waals surface area contributed by atoms with Crippen LogP contribution in [0.4, 0.5) is 21.6 Å². The molecule has 0 atom stereocenters. The Bertz CT molecular complexity index is 776. The molecule has 1 saturated carbocycles. The van der Waals surface area contributed by atoms with E-state index >= 15 is 0 Å². The summed E-state index contributed by atoms with van der Waals surface area (Å²) in [6, 6.07) is 5.81. The number of hydrogen-bond donors (Lipinski definition) is 0. The predicted octanol–water partition coefficient (Wildman–Crippen LogP) is 2.92. The highest BCUT2D eigenvalue weighted by Crippen LogP contribution is 2.52. The molecule has 0 saturated heterocycles. The average Bonchev–Trinajstić information content (AvgIpc) is 3.30. The first-order chi connectivity index (χ1) is 10.5. The summed E-state index contributed by atoms with van der Waals surface area (Å²) in [6.45, 7) is 0. The van der Waals surface area contributed by atoms with Crippen molar-refractivity contribution in [3.05, 3.63) is 41.6 Å². The number of halogens is 2. The SMILES string of the molecule is CN1c2nc(Cl)ncc2N(c2ccc(F)cc2)C(=O)C12CC2. The van der Waals surface area contributed by atoms with Gasteiger partial charge in [-0.15, -0.1) is 0 Å². The van der Waals surface area contributed by atoms with Crippen molar-refractivity contribution in [1.82, 2.24) is 9.97 Å². The van der Waals surface area contributed by atoms with Crippen molar-refractivity contribution in [2.75, 3.05) is 16.8 Å². The van der Waals surface area contributed by atoms with Crippen LogP contribution in [0, 0.1) is 5.82 Å². The molecule has 1 spiro atoms. The van der Waals surface area contributed by atoms with Gasteiger partial charge in [0.1, 0.15) is 17.0 Å². The van der Waals surface area contributed by atoms with Crippen LogP contribution in [0.5, 0.6) is 0 Å². The molecule has 1 aliphatic heterocycles. The molecule has 4 rings (SSSR count). The standard InChI is InChI=1S/C15H12ClFN4O/c1-20-12-11(8-18-14(16)19-12)21(13(22)15(20)6-7-15)10-4-2-9(17)3-5-10/h2-5,8H,6-7H2,1H3. The Balaban J connectivity index is 1.92. The number of anilines is 3. The first-order valence-corrected chi connectivity index (χ1v) is 7.27. The molecule has 1 fully saturated rings. The molecular weight excluding hydrogens is 307 g/mol. The highest BCUT2D eigenvalue weighted by molar-refractivity contribution is 6.28. The third-order valence-corrected chi connectivity index (χ3v) is 4.51. The molecule has 2 aromatic rings. The van der Waals surface area contributed by atoms with Crippen molar-refractivity contribution < 1.29 is 9.18 Å². The first-order valence-electron chi connectivity index (χ1n) is 6.89. The van der Waals surface area contributed by atoms with Crippen molar-refractivity contribution in [2.45, 2.75) is 18.4 Å². The van der Waals surface area contributed by atoms with E-state index in [4.69, 9.17) is 11.6 Å². The van der Waals surface area contributed by atoms with Crippen molar-refractivity contribution in [2.24, 2.45) is 0 Å². The van der Waals surface area contributed by atoms with Crippen molar-refractivity contribution in [3.63, 3.8) is 0 Å². The van der Waals surface area contributed by atoms with Gasteiger partial charge in [0, 0.05) is 12.7 Å². The van der Waals surface area contributed by atoms with Gasteiger partial charge < -0.3 is 4.90 Å². The summed E-state index contributed by atoms with van der Waals surface area (Å²) in [4.78, 5) is 24.6. The summed E-state index contributed by atoms with van der Waals surface area (Å²) in [7, 11) is 1.84. The summed E-state index contributed by atoms with van der Waals surface area (Å²) in [5.41, 5.74) is 0.581. The lowest BCUT2D eigenvalue weighted by Gasteiger charge is -2.40. The van der Waals surface area contributed by atoms with E-state index < -0.39 is 5.54 Å². The third-order valence-electron chi connectivity index (χ3n) is 4.33. The lowest BCUT2D eigenvalue weighted by molar-refractivity contribution is -0.120. The second-order valence-electron chi connectivity index (χ2n) is 5.56. The summed E-state index contributed by atoms with van der Waals surface area (Å²) >= 11 is 5.90. The van der Waals surface area contributed by atoms with Crippen molar-refractivity contribution >= 4 is 34.7 Å². The zero-order chi connectivity index (χ0) is 15.5. The molecule has 22 heavy (non-hydrogen) atoms. The molecule has 1 aromatic heterocycles. The van der Waals surface area contributed by atoms with E-state index in [2.05, 4.69) is 9.97 Å². The fourth-order valence-electron chi connectivity index (χ4n) is 2.93. The fourth-order valence-corrected chi connectivity index (χ4v) is 3.06. The Kier molecular flexibility index (Phi) is 2.69. The van der Waals surface area contributed by atoms with Gasteiger partial charge in [0.05, 0.1) is 6.20 Å². The van der Waals surface area contributed by atoms with Crippen LogP contribution in [-0.4, -0.2) is 28.5 Å². The highest BCUT2D eigenvalue weighted by atomic mass is 35.5. The molecule has 0 bridgehead atoms. The number of carbonyl (C=O) groups excluding carboxylic acids is 1. The Labute approximate surface area is 131 Å². The fraction of sp³-hybridized carbons (Fsp3) is 0.267. The zero-order valence-corrected chi connectivity index (χ0v) is 12.5. The molecule has 1 aromatic carbocycles.